The number of para-hydroxylation sites is 1. The number of rotatable bonds is 4. The van der Waals surface area contributed by atoms with E-state index in [0.717, 1.165) is 5.56 Å². The van der Waals surface area contributed by atoms with Crippen molar-refractivity contribution < 1.29 is 9.72 Å². The number of nitro benzene ring substituents is 1. The lowest BCUT2D eigenvalue weighted by atomic mass is 10.1. The number of nitrogens with one attached hydrogen (secondary N) is 1. The topological polar surface area (TPSA) is 72.2 Å². The second-order valence-electron chi connectivity index (χ2n) is 4.83. The van der Waals surface area contributed by atoms with Crippen LogP contribution in [0.5, 0.6) is 0 Å². The van der Waals surface area contributed by atoms with Crippen molar-refractivity contribution in [3.63, 3.8) is 0 Å². The van der Waals surface area contributed by atoms with Gasteiger partial charge in [-0.3, -0.25) is 14.9 Å². The third-order valence-electron chi connectivity index (χ3n) is 3.31. The van der Waals surface area contributed by atoms with Gasteiger partial charge in [-0.15, -0.1) is 0 Å². The van der Waals surface area contributed by atoms with Crippen LogP contribution in [0, 0.1) is 17.0 Å². The van der Waals surface area contributed by atoms with E-state index >= 15 is 0 Å². The number of hydrogen-bond donors (Lipinski definition) is 1. The molecule has 1 N–H and O–H groups in total. The second kappa shape index (κ2) is 6.17. The molecule has 0 unspecified atom stereocenters. The Kier molecular flexibility index (Phi) is 4.33. The molecule has 0 aliphatic rings. The maximum absolute atomic E-state index is 12.3. The quantitative estimate of drug-likeness (QED) is 0.691. The predicted molar refractivity (Wildman–Crippen MR) is 80.2 cm³/mol. The average molecular weight is 284 g/mol. The molecular formula is C16H16N2O3. The van der Waals surface area contributed by atoms with Crippen molar-refractivity contribution in [1.82, 2.24) is 5.32 Å². The van der Waals surface area contributed by atoms with E-state index in [1.54, 1.807) is 19.1 Å². The normalized spacial score (nSPS) is 11.7. The van der Waals surface area contributed by atoms with E-state index in [4.69, 9.17) is 0 Å². The molecule has 5 nitrogen and oxygen atoms in total. The van der Waals surface area contributed by atoms with Gasteiger partial charge in [0.05, 0.1) is 11.0 Å². The van der Waals surface area contributed by atoms with E-state index in [9.17, 15) is 14.9 Å². The highest BCUT2D eigenvalue weighted by Crippen LogP contribution is 2.23. The van der Waals surface area contributed by atoms with E-state index in [0.29, 0.717) is 5.56 Å². The largest absolute Gasteiger partial charge is 0.345 e. The zero-order chi connectivity index (χ0) is 15.4. The van der Waals surface area contributed by atoms with Crippen LogP contribution in [0.1, 0.15) is 34.5 Å². The molecule has 1 atom stereocenters. The molecule has 0 aliphatic carbocycles. The SMILES string of the molecule is Cc1cccc(C(=O)N[C@H](C)c2ccccc2)c1[N+](=O)[O-]. The Morgan fingerprint density at radius 2 is 1.81 bits per heavy atom. The highest BCUT2D eigenvalue weighted by molar-refractivity contribution is 5.98. The number of nitro groups is 1. The molecule has 2 aromatic carbocycles. The summed E-state index contributed by atoms with van der Waals surface area (Å²) in [5, 5.41) is 13.9. The number of carbonyl (C=O) groups excluding carboxylic acids is 1. The smallest absolute Gasteiger partial charge is 0.285 e. The summed E-state index contributed by atoms with van der Waals surface area (Å²) in [5.41, 5.74) is 1.36. The van der Waals surface area contributed by atoms with Crippen LogP contribution < -0.4 is 5.32 Å². The minimum absolute atomic E-state index is 0.0859. The molecule has 0 spiro atoms. The number of nitrogens with zero attached hydrogens (tertiary/aromatic N) is 1. The predicted octanol–water partition coefficient (Wildman–Crippen LogP) is 3.39. The number of amides is 1. The molecule has 1 amide bonds. The molecule has 0 heterocycles. The molecule has 0 radical (unpaired) electrons. The van der Waals surface area contributed by atoms with Crippen LogP contribution in [0.3, 0.4) is 0 Å². The molecule has 2 aromatic rings. The molecule has 21 heavy (non-hydrogen) atoms. The van der Waals surface area contributed by atoms with Crippen molar-refractivity contribution >= 4 is 11.6 Å². The van der Waals surface area contributed by atoms with Crippen molar-refractivity contribution in [1.29, 1.82) is 0 Å². The van der Waals surface area contributed by atoms with Crippen LogP contribution >= 0.6 is 0 Å². The lowest BCUT2D eigenvalue weighted by molar-refractivity contribution is -0.385. The fourth-order valence-electron chi connectivity index (χ4n) is 2.18. The molecule has 0 saturated carbocycles. The average Bonchev–Trinajstić information content (AvgIpc) is 2.47. The van der Waals surface area contributed by atoms with Crippen LogP contribution in [0.4, 0.5) is 5.69 Å². The number of benzene rings is 2. The van der Waals surface area contributed by atoms with E-state index in [1.807, 2.05) is 37.3 Å². The first-order chi connectivity index (χ1) is 10.0. The molecule has 0 bridgehead atoms. The first-order valence-corrected chi connectivity index (χ1v) is 6.60. The minimum Gasteiger partial charge on any atom is -0.345 e. The third kappa shape index (κ3) is 3.25. The lowest BCUT2D eigenvalue weighted by Gasteiger charge is -2.14. The fourth-order valence-corrected chi connectivity index (χ4v) is 2.18. The minimum atomic E-state index is -0.516. The number of aryl methyl sites for hydroxylation is 1. The Hall–Kier alpha value is -2.69. The highest BCUT2D eigenvalue weighted by atomic mass is 16.6. The van der Waals surface area contributed by atoms with Crippen molar-refractivity contribution in [2.24, 2.45) is 0 Å². The third-order valence-corrected chi connectivity index (χ3v) is 3.31. The van der Waals surface area contributed by atoms with Gasteiger partial charge in [-0.05, 0) is 25.5 Å². The fraction of sp³-hybridized carbons (Fsp3) is 0.188. The van der Waals surface area contributed by atoms with Gasteiger partial charge in [0, 0.05) is 5.56 Å². The van der Waals surface area contributed by atoms with E-state index < -0.39 is 10.8 Å². The van der Waals surface area contributed by atoms with E-state index in [2.05, 4.69) is 5.32 Å². The summed E-state index contributed by atoms with van der Waals surface area (Å²) >= 11 is 0. The van der Waals surface area contributed by atoms with Gasteiger partial charge in [0.15, 0.2) is 0 Å². The maximum atomic E-state index is 12.3. The first kappa shape index (κ1) is 14.7. The summed E-state index contributed by atoms with van der Waals surface area (Å²) in [5.74, 6) is -0.443. The summed E-state index contributed by atoms with van der Waals surface area (Å²) in [7, 11) is 0. The van der Waals surface area contributed by atoms with Gasteiger partial charge in [0.25, 0.3) is 11.6 Å². The summed E-state index contributed by atoms with van der Waals surface area (Å²) in [6, 6.07) is 14.0. The van der Waals surface area contributed by atoms with Gasteiger partial charge >= 0.3 is 0 Å². The van der Waals surface area contributed by atoms with Crippen molar-refractivity contribution in [2.75, 3.05) is 0 Å². The van der Waals surface area contributed by atoms with Crippen LogP contribution in [-0.4, -0.2) is 10.8 Å². The van der Waals surface area contributed by atoms with Gasteiger partial charge in [0.2, 0.25) is 0 Å². The second-order valence-corrected chi connectivity index (χ2v) is 4.83. The molecule has 0 aromatic heterocycles. The monoisotopic (exact) mass is 284 g/mol. The zero-order valence-electron chi connectivity index (χ0n) is 11.9. The molecule has 0 aliphatic heterocycles. The van der Waals surface area contributed by atoms with E-state index in [1.165, 1.54) is 6.07 Å². The Bertz CT molecular complexity index is 668. The molecule has 2 rings (SSSR count). The van der Waals surface area contributed by atoms with Gasteiger partial charge < -0.3 is 5.32 Å². The number of carbonyl (C=O) groups is 1. The van der Waals surface area contributed by atoms with Gasteiger partial charge in [-0.1, -0.05) is 42.5 Å². The Morgan fingerprint density at radius 3 is 2.43 bits per heavy atom. The van der Waals surface area contributed by atoms with Crippen LogP contribution in [0.25, 0.3) is 0 Å². The van der Waals surface area contributed by atoms with Gasteiger partial charge in [-0.2, -0.15) is 0 Å². The standard InChI is InChI=1S/C16H16N2O3/c1-11-7-6-10-14(15(11)18(20)21)16(19)17-12(2)13-8-4-3-5-9-13/h3-10,12H,1-2H3,(H,17,19)/t12-/m1/s1. The van der Waals surface area contributed by atoms with Crippen molar-refractivity contribution in [2.45, 2.75) is 19.9 Å². The highest BCUT2D eigenvalue weighted by Gasteiger charge is 2.23. The van der Waals surface area contributed by atoms with Crippen LogP contribution in [-0.2, 0) is 0 Å². The lowest BCUT2D eigenvalue weighted by Crippen LogP contribution is -2.27. The summed E-state index contributed by atoms with van der Waals surface area (Å²) in [6.45, 7) is 3.46. The van der Waals surface area contributed by atoms with E-state index in [-0.39, 0.29) is 17.3 Å². The molecular weight excluding hydrogens is 268 g/mol. The molecule has 0 saturated heterocycles. The number of hydrogen-bond acceptors (Lipinski definition) is 3. The zero-order valence-corrected chi connectivity index (χ0v) is 11.9. The van der Waals surface area contributed by atoms with Crippen LogP contribution in [0.2, 0.25) is 0 Å². The summed E-state index contributed by atoms with van der Waals surface area (Å²) in [4.78, 5) is 22.9. The molecule has 108 valence electrons. The molecule has 5 heteroatoms. The van der Waals surface area contributed by atoms with Crippen LogP contribution in [0.15, 0.2) is 48.5 Å². The van der Waals surface area contributed by atoms with Gasteiger partial charge in [0.1, 0.15) is 5.56 Å². The maximum Gasteiger partial charge on any atom is 0.285 e. The molecule has 0 fully saturated rings. The van der Waals surface area contributed by atoms with Crippen molar-refractivity contribution in [3.05, 3.63) is 75.3 Å². The van der Waals surface area contributed by atoms with Gasteiger partial charge in [-0.25, -0.2) is 0 Å². The van der Waals surface area contributed by atoms with Crippen molar-refractivity contribution in [3.8, 4) is 0 Å². The Labute approximate surface area is 122 Å². The summed E-state index contributed by atoms with van der Waals surface area (Å²) in [6.07, 6.45) is 0. The summed E-state index contributed by atoms with van der Waals surface area (Å²) < 4.78 is 0. The first-order valence-electron chi connectivity index (χ1n) is 6.60. The Balaban J connectivity index is 2.26. The Morgan fingerprint density at radius 1 is 1.14 bits per heavy atom.